The number of hydrogen-bond acceptors (Lipinski definition) is 6. The summed E-state index contributed by atoms with van der Waals surface area (Å²) in [5, 5.41) is 4.74. The zero-order chi connectivity index (χ0) is 23.2. The lowest BCUT2D eigenvalue weighted by Gasteiger charge is -2.15. The van der Waals surface area contributed by atoms with Crippen LogP contribution >= 0.6 is 11.6 Å². The van der Waals surface area contributed by atoms with Gasteiger partial charge in [0.1, 0.15) is 5.75 Å². The Hall–Kier alpha value is -2.08. The van der Waals surface area contributed by atoms with Crippen LogP contribution in [0.2, 0.25) is 5.02 Å². The fraction of sp³-hybridized carbons (Fsp3) is 0.640. The van der Waals surface area contributed by atoms with Crippen molar-refractivity contribution in [2.45, 2.75) is 103 Å². The molecule has 2 atom stereocenters. The van der Waals surface area contributed by atoms with Crippen LogP contribution in [0.4, 0.5) is 0 Å². The second kappa shape index (κ2) is 14.9. The summed E-state index contributed by atoms with van der Waals surface area (Å²) in [6, 6.07) is 6.79. The molecular weight excluding hydrogens is 430 g/mol. The summed E-state index contributed by atoms with van der Waals surface area (Å²) in [6.07, 6.45) is 10.4. The van der Waals surface area contributed by atoms with Crippen molar-refractivity contribution >= 4 is 29.3 Å². The molecule has 0 aliphatic carbocycles. The molecule has 32 heavy (non-hydrogen) atoms. The predicted octanol–water partition coefficient (Wildman–Crippen LogP) is 6.63. The van der Waals surface area contributed by atoms with E-state index in [4.69, 9.17) is 25.9 Å². The highest BCUT2D eigenvalue weighted by Crippen LogP contribution is 2.18. The Kier molecular flexibility index (Phi) is 12.2. The molecular formula is C25H36ClNO5. The molecule has 6 nitrogen and oxygen atoms in total. The number of halogens is 1. The zero-order valence-corrected chi connectivity index (χ0v) is 20.1. The van der Waals surface area contributed by atoms with Crippen LogP contribution in [0.25, 0.3) is 0 Å². The van der Waals surface area contributed by atoms with Crippen molar-refractivity contribution in [3.63, 3.8) is 0 Å². The van der Waals surface area contributed by atoms with Gasteiger partial charge in [-0.3, -0.25) is 4.79 Å². The Balaban J connectivity index is 1.90. The topological polar surface area (TPSA) is 74.2 Å². The maximum Gasteiger partial charge on any atom is 0.374 e. The smallest absolute Gasteiger partial charge is 0.374 e. The molecule has 0 aromatic heterocycles. The number of cyclic esters (lactones) is 1. The second-order valence-electron chi connectivity index (χ2n) is 8.45. The zero-order valence-electron chi connectivity index (χ0n) is 19.3. The molecule has 1 fully saturated rings. The molecule has 0 radical (unpaired) electrons. The second-order valence-corrected chi connectivity index (χ2v) is 8.89. The Morgan fingerprint density at radius 3 is 2.25 bits per heavy atom. The van der Waals surface area contributed by atoms with Gasteiger partial charge in [0, 0.05) is 11.4 Å². The van der Waals surface area contributed by atoms with Crippen molar-refractivity contribution in [2.24, 2.45) is 5.16 Å². The van der Waals surface area contributed by atoms with Gasteiger partial charge in [0.05, 0.1) is 11.8 Å². The van der Waals surface area contributed by atoms with Crippen LogP contribution in [0.5, 0.6) is 5.75 Å². The number of hydrogen-bond donors (Lipinski definition) is 0. The number of carbonyl (C=O) groups is 2. The van der Waals surface area contributed by atoms with E-state index in [9.17, 15) is 9.59 Å². The van der Waals surface area contributed by atoms with Crippen LogP contribution in [0, 0.1) is 0 Å². The third kappa shape index (κ3) is 11.0. The molecule has 0 bridgehead atoms. The molecule has 2 rings (SSSR count). The molecule has 7 heteroatoms. The highest BCUT2D eigenvalue weighted by Gasteiger charge is 2.18. The molecule has 178 valence electrons. The quantitative estimate of drug-likeness (QED) is 0.283. The number of rotatable bonds is 4. The Morgan fingerprint density at radius 1 is 1.00 bits per heavy atom. The summed E-state index contributed by atoms with van der Waals surface area (Å²) in [6.45, 7) is 3.52. The van der Waals surface area contributed by atoms with Gasteiger partial charge < -0.3 is 14.3 Å². The van der Waals surface area contributed by atoms with Crippen molar-refractivity contribution in [2.75, 3.05) is 0 Å². The van der Waals surface area contributed by atoms with Crippen LogP contribution in [-0.2, 0) is 19.2 Å². The minimum Gasteiger partial charge on any atom is -0.479 e. The van der Waals surface area contributed by atoms with E-state index < -0.39 is 12.1 Å². The number of esters is 1. The first-order valence-electron chi connectivity index (χ1n) is 11.8. The SMILES string of the molecule is CC1CC/C(=N/OC(=O)C(C)Oc2ccc(Cl)cc2)CCCCCCCCCCC(=O)O1. The van der Waals surface area contributed by atoms with Crippen LogP contribution < -0.4 is 4.74 Å². The average molecular weight is 466 g/mol. The van der Waals surface area contributed by atoms with Crippen molar-refractivity contribution in [1.29, 1.82) is 0 Å². The molecule has 1 aliphatic rings. The van der Waals surface area contributed by atoms with Gasteiger partial charge >= 0.3 is 11.9 Å². The monoisotopic (exact) mass is 465 g/mol. The standard InChI is InChI=1S/C25H36ClNO5/c1-19-13-16-22(11-9-7-5-3-4-6-8-10-12-24(28)30-19)27-32-25(29)20(2)31-23-17-14-21(26)15-18-23/h14-15,17-20H,3-13,16H2,1-2H3/b27-22+. The largest absolute Gasteiger partial charge is 0.479 e. The van der Waals surface area contributed by atoms with E-state index in [1.54, 1.807) is 31.2 Å². The first kappa shape index (κ1) is 26.2. The summed E-state index contributed by atoms with van der Waals surface area (Å²) in [7, 11) is 0. The number of ether oxygens (including phenoxy) is 2. The summed E-state index contributed by atoms with van der Waals surface area (Å²) in [5.74, 6) is -0.159. The highest BCUT2D eigenvalue weighted by atomic mass is 35.5. The van der Waals surface area contributed by atoms with E-state index in [-0.39, 0.29) is 12.1 Å². The number of carbonyl (C=O) groups excluding carboxylic acids is 2. The summed E-state index contributed by atoms with van der Waals surface area (Å²) >= 11 is 5.87. The van der Waals surface area contributed by atoms with Crippen LogP contribution in [0.3, 0.4) is 0 Å². The lowest BCUT2D eigenvalue weighted by atomic mass is 10.0. The normalized spacial score (nSPS) is 22.0. The third-order valence-corrected chi connectivity index (χ3v) is 5.74. The van der Waals surface area contributed by atoms with Gasteiger partial charge in [-0.2, -0.15) is 0 Å². The number of benzene rings is 1. The van der Waals surface area contributed by atoms with Crippen molar-refractivity contribution in [3.8, 4) is 5.75 Å². The van der Waals surface area contributed by atoms with Crippen molar-refractivity contribution in [1.82, 2.24) is 0 Å². The van der Waals surface area contributed by atoms with Crippen LogP contribution in [0.15, 0.2) is 29.4 Å². The maximum atomic E-state index is 12.3. The molecule has 0 spiro atoms. The maximum absolute atomic E-state index is 12.3. The average Bonchev–Trinajstić information content (AvgIpc) is 2.76. The molecule has 1 saturated heterocycles. The van der Waals surface area contributed by atoms with Gasteiger partial charge in [-0.1, -0.05) is 55.3 Å². The molecule has 1 heterocycles. The summed E-state index contributed by atoms with van der Waals surface area (Å²) in [4.78, 5) is 29.5. The van der Waals surface area contributed by atoms with E-state index in [1.165, 1.54) is 25.7 Å². The van der Waals surface area contributed by atoms with E-state index in [2.05, 4.69) is 5.16 Å². The molecule has 0 N–H and O–H groups in total. The fourth-order valence-electron chi connectivity index (χ4n) is 3.54. The van der Waals surface area contributed by atoms with Gasteiger partial charge in [0.2, 0.25) is 0 Å². The van der Waals surface area contributed by atoms with Crippen molar-refractivity contribution < 1.29 is 23.9 Å². The van der Waals surface area contributed by atoms with Gasteiger partial charge in [0.15, 0.2) is 6.10 Å². The van der Waals surface area contributed by atoms with Crippen molar-refractivity contribution in [3.05, 3.63) is 29.3 Å². The Bertz CT molecular complexity index is 734. The van der Waals surface area contributed by atoms with Crippen LogP contribution in [-0.4, -0.2) is 29.9 Å². The van der Waals surface area contributed by atoms with E-state index in [1.807, 2.05) is 6.92 Å². The number of nitrogens with zero attached hydrogens (tertiary/aromatic N) is 1. The molecule has 1 aromatic rings. The fourth-order valence-corrected chi connectivity index (χ4v) is 3.66. The lowest BCUT2D eigenvalue weighted by molar-refractivity contribution is -0.151. The molecule has 0 amide bonds. The van der Waals surface area contributed by atoms with E-state index in [0.29, 0.717) is 30.0 Å². The molecule has 2 unspecified atom stereocenters. The number of oxime groups is 1. The third-order valence-electron chi connectivity index (χ3n) is 5.49. The first-order valence-corrected chi connectivity index (χ1v) is 12.2. The highest BCUT2D eigenvalue weighted by molar-refractivity contribution is 6.30. The van der Waals surface area contributed by atoms with Gasteiger partial charge in [-0.05, 0) is 70.2 Å². The predicted molar refractivity (Wildman–Crippen MR) is 126 cm³/mol. The first-order chi connectivity index (χ1) is 15.4. The molecule has 1 aromatic carbocycles. The Labute approximate surface area is 196 Å². The molecule has 1 aliphatic heterocycles. The minimum atomic E-state index is -0.799. The van der Waals surface area contributed by atoms with Crippen LogP contribution in [0.1, 0.15) is 90.9 Å². The van der Waals surface area contributed by atoms with Gasteiger partial charge in [-0.15, -0.1) is 0 Å². The Morgan fingerprint density at radius 2 is 1.59 bits per heavy atom. The van der Waals surface area contributed by atoms with Gasteiger partial charge in [-0.25, -0.2) is 4.79 Å². The summed E-state index contributed by atoms with van der Waals surface area (Å²) in [5.41, 5.74) is 0.812. The minimum absolute atomic E-state index is 0.136. The summed E-state index contributed by atoms with van der Waals surface area (Å²) < 4.78 is 11.1. The van der Waals surface area contributed by atoms with Gasteiger partial charge in [0.25, 0.3) is 0 Å². The van der Waals surface area contributed by atoms with E-state index >= 15 is 0 Å². The van der Waals surface area contributed by atoms with E-state index in [0.717, 1.165) is 37.8 Å². The molecule has 0 saturated carbocycles. The lowest BCUT2D eigenvalue weighted by Crippen LogP contribution is -2.25.